The summed E-state index contributed by atoms with van der Waals surface area (Å²) in [7, 11) is 5.65. The Labute approximate surface area is 121 Å². The van der Waals surface area contributed by atoms with Gasteiger partial charge in [0.1, 0.15) is 11.5 Å². The largest absolute Gasteiger partial charge is 0.497 e. The monoisotopic (exact) mass is 273 g/mol. The first kappa shape index (κ1) is 13.3. The molecule has 1 aromatic rings. The molecule has 20 heavy (non-hydrogen) atoms. The molecule has 0 spiro atoms. The molecule has 0 radical (unpaired) electrons. The minimum Gasteiger partial charge on any atom is -0.497 e. The first-order chi connectivity index (χ1) is 9.68. The molecular formula is C17H23NO2. The van der Waals surface area contributed by atoms with Crippen LogP contribution < -0.4 is 9.47 Å². The maximum absolute atomic E-state index is 5.61. The normalized spacial score (nSPS) is 28.4. The number of fused-ring (bicyclic) bond motifs is 2. The van der Waals surface area contributed by atoms with Crippen LogP contribution in [0.2, 0.25) is 0 Å². The highest BCUT2D eigenvalue weighted by Gasteiger charge is 2.41. The zero-order chi connectivity index (χ0) is 14.2. The van der Waals surface area contributed by atoms with Crippen LogP contribution in [0.1, 0.15) is 31.2 Å². The average Bonchev–Trinajstić information content (AvgIpc) is 2.51. The Morgan fingerprint density at radius 1 is 1.25 bits per heavy atom. The molecule has 1 aliphatic carbocycles. The highest BCUT2D eigenvalue weighted by Crippen LogP contribution is 2.48. The van der Waals surface area contributed by atoms with Gasteiger partial charge in [-0.2, -0.15) is 0 Å². The number of ether oxygens (including phenoxy) is 2. The molecule has 0 N–H and O–H groups in total. The Balaban J connectivity index is 2.08. The van der Waals surface area contributed by atoms with Gasteiger partial charge in [0.05, 0.1) is 14.2 Å². The maximum atomic E-state index is 5.61. The third-order valence-corrected chi connectivity index (χ3v) is 4.91. The highest BCUT2D eigenvalue weighted by atomic mass is 16.5. The Kier molecular flexibility index (Phi) is 3.36. The Morgan fingerprint density at radius 2 is 2.10 bits per heavy atom. The van der Waals surface area contributed by atoms with Crippen molar-refractivity contribution in [1.82, 2.24) is 4.90 Å². The molecule has 1 fully saturated rings. The van der Waals surface area contributed by atoms with E-state index >= 15 is 0 Å². The number of benzene rings is 1. The van der Waals surface area contributed by atoms with E-state index in [4.69, 9.17) is 9.47 Å². The van der Waals surface area contributed by atoms with Crippen molar-refractivity contribution in [3.63, 3.8) is 0 Å². The van der Waals surface area contributed by atoms with Crippen LogP contribution in [0.15, 0.2) is 30.5 Å². The summed E-state index contributed by atoms with van der Waals surface area (Å²) < 4.78 is 11.0. The summed E-state index contributed by atoms with van der Waals surface area (Å²) in [6.07, 6.45) is 9.52. The van der Waals surface area contributed by atoms with Gasteiger partial charge in [-0.05, 0) is 43.7 Å². The summed E-state index contributed by atoms with van der Waals surface area (Å²) >= 11 is 0. The minimum absolute atomic E-state index is 0.106. The van der Waals surface area contributed by atoms with E-state index in [2.05, 4.69) is 30.3 Å². The number of rotatable bonds is 3. The lowest BCUT2D eigenvalue weighted by atomic mass is 9.66. The van der Waals surface area contributed by atoms with Gasteiger partial charge in [0.15, 0.2) is 0 Å². The van der Waals surface area contributed by atoms with Crippen molar-refractivity contribution in [2.24, 2.45) is 0 Å². The van der Waals surface area contributed by atoms with Gasteiger partial charge >= 0.3 is 0 Å². The van der Waals surface area contributed by atoms with Crippen LogP contribution in [-0.2, 0) is 5.41 Å². The van der Waals surface area contributed by atoms with Crippen LogP contribution in [0, 0.1) is 0 Å². The van der Waals surface area contributed by atoms with Gasteiger partial charge in [0.25, 0.3) is 0 Å². The third-order valence-electron chi connectivity index (χ3n) is 4.91. The third kappa shape index (κ3) is 2.05. The standard InChI is InChI=1S/C17H23NO2/c1-18-10-9-17(8-4-5-13(18)12-17)15-11-14(19-2)6-7-16(15)20-3/h6-7,9-11,13H,4-5,8,12H2,1-3H3/t13-,17+/m0/s1. The molecule has 3 nitrogen and oxygen atoms in total. The van der Waals surface area contributed by atoms with Crippen molar-refractivity contribution < 1.29 is 9.47 Å². The molecule has 2 aliphatic rings. The summed E-state index contributed by atoms with van der Waals surface area (Å²) in [6.45, 7) is 0. The van der Waals surface area contributed by atoms with Crippen molar-refractivity contribution >= 4 is 0 Å². The Morgan fingerprint density at radius 3 is 2.85 bits per heavy atom. The molecule has 1 heterocycles. The number of allylic oxidation sites excluding steroid dienone is 1. The van der Waals surface area contributed by atoms with Gasteiger partial charge in [-0.15, -0.1) is 0 Å². The minimum atomic E-state index is 0.106. The second-order valence-electron chi connectivity index (χ2n) is 5.95. The van der Waals surface area contributed by atoms with Crippen LogP contribution in [-0.4, -0.2) is 32.2 Å². The second kappa shape index (κ2) is 5.04. The van der Waals surface area contributed by atoms with E-state index in [-0.39, 0.29) is 5.41 Å². The lowest BCUT2D eigenvalue weighted by Crippen LogP contribution is -2.44. The molecule has 2 bridgehead atoms. The molecule has 2 atom stereocenters. The van der Waals surface area contributed by atoms with Crippen LogP contribution >= 0.6 is 0 Å². The Hall–Kier alpha value is -1.64. The van der Waals surface area contributed by atoms with Crippen LogP contribution in [0.4, 0.5) is 0 Å². The number of hydrogen-bond donors (Lipinski definition) is 0. The molecule has 108 valence electrons. The van der Waals surface area contributed by atoms with E-state index in [1.54, 1.807) is 14.2 Å². The van der Waals surface area contributed by atoms with E-state index < -0.39 is 0 Å². The van der Waals surface area contributed by atoms with Crippen LogP contribution in [0.3, 0.4) is 0 Å². The Bertz CT molecular complexity index is 526. The van der Waals surface area contributed by atoms with E-state index in [9.17, 15) is 0 Å². The molecule has 3 heteroatoms. The maximum Gasteiger partial charge on any atom is 0.123 e. The zero-order valence-electron chi connectivity index (χ0n) is 12.6. The number of methoxy groups -OCH3 is 2. The van der Waals surface area contributed by atoms with Crippen LogP contribution in [0.5, 0.6) is 11.5 Å². The smallest absolute Gasteiger partial charge is 0.123 e. The first-order valence-electron chi connectivity index (χ1n) is 7.32. The van der Waals surface area contributed by atoms with Gasteiger partial charge in [0.2, 0.25) is 0 Å². The molecule has 3 rings (SSSR count). The molecule has 1 aliphatic heterocycles. The quantitative estimate of drug-likeness (QED) is 0.843. The highest BCUT2D eigenvalue weighted by molar-refractivity contribution is 5.48. The van der Waals surface area contributed by atoms with E-state index in [0.29, 0.717) is 6.04 Å². The van der Waals surface area contributed by atoms with Gasteiger partial charge in [-0.1, -0.05) is 12.5 Å². The fraction of sp³-hybridized carbons (Fsp3) is 0.529. The van der Waals surface area contributed by atoms with Crippen molar-refractivity contribution in [3.05, 3.63) is 36.0 Å². The molecule has 1 aromatic carbocycles. The fourth-order valence-corrected chi connectivity index (χ4v) is 3.70. The zero-order valence-corrected chi connectivity index (χ0v) is 12.6. The first-order valence-corrected chi connectivity index (χ1v) is 7.32. The van der Waals surface area contributed by atoms with Gasteiger partial charge in [-0.3, -0.25) is 0 Å². The summed E-state index contributed by atoms with van der Waals surface area (Å²) in [5.41, 5.74) is 1.38. The average molecular weight is 273 g/mol. The van der Waals surface area contributed by atoms with Crippen molar-refractivity contribution in [3.8, 4) is 11.5 Å². The summed E-state index contributed by atoms with van der Waals surface area (Å²) in [5, 5.41) is 0. The lowest BCUT2D eigenvalue weighted by molar-refractivity contribution is 0.176. The number of nitrogens with zero attached hydrogens (tertiary/aromatic N) is 1. The molecular weight excluding hydrogens is 250 g/mol. The molecule has 0 aromatic heterocycles. The van der Waals surface area contributed by atoms with E-state index in [1.807, 2.05) is 12.1 Å². The molecule has 0 saturated heterocycles. The predicted molar refractivity (Wildman–Crippen MR) is 80.4 cm³/mol. The van der Waals surface area contributed by atoms with Gasteiger partial charge < -0.3 is 14.4 Å². The SMILES string of the molecule is COc1ccc(OC)c([C@@]23C=CN(C)[C@@H](CCC2)C3)c1. The topological polar surface area (TPSA) is 21.7 Å². The summed E-state index contributed by atoms with van der Waals surface area (Å²) in [5.74, 6) is 1.88. The molecule has 0 unspecified atom stereocenters. The van der Waals surface area contributed by atoms with Gasteiger partial charge in [-0.25, -0.2) is 0 Å². The molecule has 1 saturated carbocycles. The van der Waals surface area contributed by atoms with Crippen molar-refractivity contribution in [2.75, 3.05) is 21.3 Å². The summed E-state index contributed by atoms with van der Waals surface area (Å²) in [4.78, 5) is 2.35. The fourth-order valence-electron chi connectivity index (χ4n) is 3.70. The van der Waals surface area contributed by atoms with Crippen molar-refractivity contribution in [1.29, 1.82) is 0 Å². The van der Waals surface area contributed by atoms with Gasteiger partial charge in [0, 0.05) is 24.1 Å². The second-order valence-corrected chi connectivity index (χ2v) is 5.95. The predicted octanol–water partition coefficient (Wildman–Crippen LogP) is 3.34. The summed E-state index contributed by atoms with van der Waals surface area (Å²) in [6, 6.07) is 6.79. The van der Waals surface area contributed by atoms with Crippen LogP contribution in [0.25, 0.3) is 0 Å². The lowest BCUT2D eigenvalue weighted by Gasteiger charge is -2.46. The van der Waals surface area contributed by atoms with E-state index in [1.165, 1.54) is 31.2 Å². The number of hydrogen-bond acceptors (Lipinski definition) is 3. The molecule has 0 amide bonds. The van der Waals surface area contributed by atoms with E-state index in [0.717, 1.165) is 11.5 Å². The van der Waals surface area contributed by atoms with Crippen molar-refractivity contribution in [2.45, 2.75) is 37.1 Å².